The molecule has 4 heteroatoms. The first-order valence-electron chi connectivity index (χ1n) is 6.27. The van der Waals surface area contributed by atoms with Crippen molar-refractivity contribution >= 4 is 0 Å². The van der Waals surface area contributed by atoms with E-state index in [4.69, 9.17) is 5.73 Å². The summed E-state index contributed by atoms with van der Waals surface area (Å²) in [7, 11) is 0. The molecule has 0 bridgehead atoms. The fraction of sp³-hybridized carbons (Fsp3) is 0.357. The number of nitrogens with zero attached hydrogens (tertiary/aromatic N) is 2. The smallest absolute Gasteiger partial charge is 0.131 e. The van der Waals surface area contributed by atoms with E-state index in [9.17, 15) is 4.39 Å². The molecule has 2 N–H and O–H groups in total. The normalized spacial score (nSPS) is 15.0. The molecule has 3 rings (SSSR count). The first-order chi connectivity index (χ1) is 8.76. The molecule has 1 aromatic heterocycles. The zero-order chi connectivity index (χ0) is 12.5. The van der Waals surface area contributed by atoms with Crippen molar-refractivity contribution in [2.75, 3.05) is 0 Å². The van der Waals surface area contributed by atoms with Crippen molar-refractivity contribution in [1.29, 1.82) is 0 Å². The molecule has 3 nitrogen and oxygen atoms in total. The second kappa shape index (κ2) is 4.53. The summed E-state index contributed by atoms with van der Waals surface area (Å²) in [5.41, 5.74) is 7.72. The van der Waals surface area contributed by atoms with Gasteiger partial charge in [0.05, 0.1) is 6.20 Å². The molecule has 1 fully saturated rings. The van der Waals surface area contributed by atoms with E-state index < -0.39 is 0 Å². The van der Waals surface area contributed by atoms with Gasteiger partial charge in [0.15, 0.2) is 0 Å². The molecule has 1 aromatic carbocycles. The van der Waals surface area contributed by atoms with Crippen LogP contribution in [0.4, 0.5) is 4.39 Å². The number of rotatable bonds is 4. The predicted molar refractivity (Wildman–Crippen MR) is 68.2 cm³/mol. The van der Waals surface area contributed by atoms with Crippen molar-refractivity contribution in [3.63, 3.8) is 0 Å². The Labute approximate surface area is 105 Å². The first kappa shape index (κ1) is 11.4. The molecule has 1 aliphatic rings. The molecule has 0 amide bonds. The molecular weight excluding hydrogens is 229 g/mol. The van der Waals surface area contributed by atoms with Gasteiger partial charge in [0.2, 0.25) is 0 Å². The monoisotopic (exact) mass is 245 g/mol. The fourth-order valence-corrected chi connectivity index (χ4v) is 2.09. The minimum Gasteiger partial charge on any atom is -0.326 e. The maximum Gasteiger partial charge on any atom is 0.131 e. The molecule has 0 spiro atoms. The highest BCUT2D eigenvalue weighted by molar-refractivity contribution is 5.62. The molecule has 2 aromatic rings. The van der Waals surface area contributed by atoms with E-state index >= 15 is 0 Å². The summed E-state index contributed by atoms with van der Waals surface area (Å²) >= 11 is 0. The number of hydrogen-bond acceptors (Lipinski definition) is 2. The SMILES string of the molecule is NCc1ccc(-c2cnn(CC3CC3)c2)c(F)c1. The van der Waals surface area contributed by atoms with Crippen LogP contribution in [-0.4, -0.2) is 9.78 Å². The van der Waals surface area contributed by atoms with E-state index in [0.717, 1.165) is 23.6 Å². The van der Waals surface area contributed by atoms with E-state index in [1.165, 1.54) is 18.9 Å². The first-order valence-corrected chi connectivity index (χ1v) is 6.27. The Balaban J connectivity index is 1.86. The average Bonchev–Trinajstić information content (AvgIpc) is 3.06. The Morgan fingerprint density at radius 1 is 1.39 bits per heavy atom. The average molecular weight is 245 g/mol. The second-order valence-electron chi connectivity index (χ2n) is 4.91. The predicted octanol–water partition coefficient (Wildman–Crippen LogP) is 2.56. The molecule has 18 heavy (non-hydrogen) atoms. The standard InChI is InChI=1S/C14H16FN3/c15-14-5-11(6-16)3-4-13(14)12-7-17-18(9-12)8-10-1-2-10/h3-5,7,9-10H,1-2,6,8,16H2. The molecule has 0 saturated heterocycles. The van der Waals surface area contributed by atoms with Gasteiger partial charge in [0, 0.05) is 30.4 Å². The summed E-state index contributed by atoms with van der Waals surface area (Å²) in [4.78, 5) is 0. The fourth-order valence-electron chi connectivity index (χ4n) is 2.09. The molecule has 0 atom stereocenters. The van der Waals surface area contributed by atoms with Crippen LogP contribution in [0.2, 0.25) is 0 Å². The van der Waals surface area contributed by atoms with Gasteiger partial charge in [0.1, 0.15) is 5.82 Å². The minimum atomic E-state index is -0.232. The van der Waals surface area contributed by atoms with Crippen LogP contribution in [0, 0.1) is 11.7 Å². The quantitative estimate of drug-likeness (QED) is 0.899. The van der Waals surface area contributed by atoms with E-state index in [-0.39, 0.29) is 5.82 Å². The minimum absolute atomic E-state index is 0.232. The van der Waals surface area contributed by atoms with Gasteiger partial charge in [-0.05, 0) is 30.4 Å². The molecule has 0 radical (unpaired) electrons. The molecule has 1 aliphatic carbocycles. The summed E-state index contributed by atoms with van der Waals surface area (Å²) in [5, 5.41) is 4.28. The maximum atomic E-state index is 13.9. The summed E-state index contributed by atoms with van der Waals surface area (Å²) < 4.78 is 15.8. The summed E-state index contributed by atoms with van der Waals surface area (Å²) in [6.45, 7) is 1.31. The van der Waals surface area contributed by atoms with Crippen LogP contribution in [0.15, 0.2) is 30.6 Å². The Hall–Kier alpha value is -1.68. The van der Waals surface area contributed by atoms with Crippen molar-refractivity contribution in [3.8, 4) is 11.1 Å². The molecule has 0 unspecified atom stereocenters. The number of halogens is 1. The molecule has 0 aliphatic heterocycles. The Kier molecular flexibility index (Phi) is 2.88. The number of nitrogens with two attached hydrogens (primary N) is 1. The van der Waals surface area contributed by atoms with Crippen LogP contribution in [0.1, 0.15) is 18.4 Å². The molecular formula is C14H16FN3. The van der Waals surface area contributed by atoms with Crippen molar-refractivity contribution < 1.29 is 4.39 Å². The number of benzene rings is 1. The van der Waals surface area contributed by atoms with Gasteiger partial charge in [-0.15, -0.1) is 0 Å². The van der Waals surface area contributed by atoms with Crippen LogP contribution in [0.5, 0.6) is 0 Å². The second-order valence-corrected chi connectivity index (χ2v) is 4.91. The van der Waals surface area contributed by atoms with E-state index in [1.54, 1.807) is 12.3 Å². The van der Waals surface area contributed by atoms with Gasteiger partial charge >= 0.3 is 0 Å². The Bertz CT molecular complexity index is 558. The van der Waals surface area contributed by atoms with Gasteiger partial charge in [-0.2, -0.15) is 5.10 Å². The zero-order valence-electron chi connectivity index (χ0n) is 10.1. The van der Waals surface area contributed by atoms with Crippen LogP contribution < -0.4 is 5.73 Å². The highest BCUT2D eigenvalue weighted by Crippen LogP contribution is 2.31. The van der Waals surface area contributed by atoms with Crippen molar-refractivity contribution in [1.82, 2.24) is 9.78 Å². The van der Waals surface area contributed by atoms with E-state index in [0.29, 0.717) is 12.1 Å². The van der Waals surface area contributed by atoms with Crippen LogP contribution in [-0.2, 0) is 13.1 Å². The molecule has 1 heterocycles. The lowest BCUT2D eigenvalue weighted by molar-refractivity contribution is 0.563. The van der Waals surface area contributed by atoms with Crippen LogP contribution >= 0.6 is 0 Å². The zero-order valence-corrected chi connectivity index (χ0v) is 10.1. The van der Waals surface area contributed by atoms with Crippen molar-refractivity contribution in [3.05, 3.63) is 42.0 Å². The van der Waals surface area contributed by atoms with Crippen molar-refractivity contribution in [2.45, 2.75) is 25.9 Å². The molecule has 1 saturated carbocycles. The van der Waals surface area contributed by atoms with Gasteiger partial charge < -0.3 is 5.73 Å². The molecule has 94 valence electrons. The van der Waals surface area contributed by atoms with E-state index in [2.05, 4.69) is 5.10 Å². The summed E-state index contributed by atoms with van der Waals surface area (Å²) in [6, 6.07) is 5.13. The number of aromatic nitrogens is 2. The third-order valence-corrected chi connectivity index (χ3v) is 3.36. The lowest BCUT2D eigenvalue weighted by atomic mass is 10.1. The van der Waals surface area contributed by atoms with Gasteiger partial charge in [0.25, 0.3) is 0 Å². The van der Waals surface area contributed by atoms with Gasteiger partial charge in [-0.25, -0.2) is 4.39 Å². The highest BCUT2D eigenvalue weighted by Gasteiger charge is 2.22. The van der Waals surface area contributed by atoms with Gasteiger partial charge in [-0.1, -0.05) is 12.1 Å². The van der Waals surface area contributed by atoms with Crippen LogP contribution in [0.3, 0.4) is 0 Å². The third-order valence-electron chi connectivity index (χ3n) is 3.36. The summed E-state index contributed by atoms with van der Waals surface area (Å²) in [5.74, 6) is 0.533. The van der Waals surface area contributed by atoms with Crippen molar-refractivity contribution in [2.24, 2.45) is 11.7 Å². The maximum absolute atomic E-state index is 13.9. The number of hydrogen-bond donors (Lipinski definition) is 1. The highest BCUT2D eigenvalue weighted by atomic mass is 19.1. The topological polar surface area (TPSA) is 43.8 Å². The third kappa shape index (κ3) is 2.29. The van der Waals surface area contributed by atoms with Crippen LogP contribution in [0.25, 0.3) is 11.1 Å². The largest absolute Gasteiger partial charge is 0.326 e. The summed E-state index contributed by atoms with van der Waals surface area (Å²) in [6.07, 6.45) is 6.21. The lowest BCUT2D eigenvalue weighted by Gasteiger charge is -2.02. The lowest BCUT2D eigenvalue weighted by Crippen LogP contribution is -1.99. The Morgan fingerprint density at radius 3 is 2.89 bits per heavy atom. The van der Waals surface area contributed by atoms with Gasteiger partial charge in [-0.3, -0.25) is 4.68 Å². The Morgan fingerprint density at radius 2 is 2.22 bits per heavy atom. The van der Waals surface area contributed by atoms with E-state index in [1.807, 2.05) is 16.9 Å².